The molecular formula is C26H20N6O2S. The van der Waals surface area contributed by atoms with E-state index in [1.165, 1.54) is 22.5 Å². The van der Waals surface area contributed by atoms with Gasteiger partial charge >= 0.3 is 0 Å². The molecule has 2 aromatic heterocycles. The molecule has 8 nitrogen and oxygen atoms in total. The van der Waals surface area contributed by atoms with Crippen LogP contribution in [-0.2, 0) is 4.79 Å². The molecule has 0 saturated heterocycles. The molecule has 0 radical (unpaired) electrons. The smallest absolute Gasteiger partial charge is 0.273 e. The van der Waals surface area contributed by atoms with Crippen molar-refractivity contribution >= 4 is 34.3 Å². The van der Waals surface area contributed by atoms with E-state index in [1.807, 2.05) is 61.5 Å². The highest BCUT2D eigenvalue weighted by Crippen LogP contribution is 2.45. The van der Waals surface area contributed by atoms with Crippen LogP contribution in [0, 0.1) is 0 Å². The van der Waals surface area contributed by atoms with Crippen molar-refractivity contribution in [2.24, 2.45) is 0 Å². The number of anilines is 1. The molecule has 1 unspecified atom stereocenters. The molecule has 2 heterocycles. The Labute approximate surface area is 204 Å². The fourth-order valence-corrected chi connectivity index (χ4v) is 5.18. The highest BCUT2D eigenvalue weighted by Gasteiger charge is 2.27. The number of rotatable bonds is 6. The van der Waals surface area contributed by atoms with Crippen molar-refractivity contribution in [1.82, 2.24) is 25.0 Å². The Kier molecular flexibility index (Phi) is 5.18. The third-order valence-electron chi connectivity index (χ3n) is 5.99. The molecule has 1 amide bonds. The van der Waals surface area contributed by atoms with Gasteiger partial charge < -0.3 is 5.32 Å². The summed E-state index contributed by atoms with van der Waals surface area (Å²) in [7, 11) is 0. The molecule has 0 spiro atoms. The summed E-state index contributed by atoms with van der Waals surface area (Å²) in [5, 5.41) is 16.8. The summed E-state index contributed by atoms with van der Waals surface area (Å²) >= 11 is 1.26. The fourth-order valence-electron chi connectivity index (χ4n) is 4.36. The molecular weight excluding hydrogens is 460 g/mol. The standard InChI is InChI=1S/C26H20N6O2S/c1-2-19(25(34)27-20-14-21(33)32(31-20)16-10-4-3-5-11-16)35-26-28-23-17-12-6-8-15-9-7-13-18(22(15)17)24(23)29-30-26/h3-14,19,31H,2H2,1H3,(H,27,34). The average molecular weight is 481 g/mol. The van der Waals surface area contributed by atoms with Gasteiger partial charge in [-0.25, -0.2) is 9.67 Å². The molecule has 0 aliphatic heterocycles. The van der Waals surface area contributed by atoms with E-state index >= 15 is 0 Å². The van der Waals surface area contributed by atoms with E-state index < -0.39 is 5.25 Å². The second-order valence-electron chi connectivity index (χ2n) is 8.18. The number of nitrogens with zero attached hydrogens (tertiary/aromatic N) is 4. The van der Waals surface area contributed by atoms with Gasteiger partial charge in [-0.1, -0.05) is 73.3 Å². The van der Waals surface area contributed by atoms with Crippen molar-refractivity contribution < 1.29 is 4.79 Å². The Hall–Kier alpha value is -4.24. The number of H-pyrrole nitrogens is 1. The molecule has 1 aliphatic carbocycles. The molecule has 6 rings (SSSR count). The van der Waals surface area contributed by atoms with Crippen LogP contribution in [0.1, 0.15) is 13.3 Å². The number of nitrogens with one attached hydrogen (secondary N) is 2. The molecule has 1 atom stereocenters. The quantitative estimate of drug-likeness (QED) is 0.336. The largest absolute Gasteiger partial charge is 0.310 e. The Morgan fingerprint density at radius 3 is 2.49 bits per heavy atom. The van der Waals surface area contributed by atoms with E-state index in [9.17, 15) is 9.59 Å². The maximum atomic E-state index is 13.0. The maximum Gasteiger partial charge on any atom is 0.273 e. The lowest BCUT2D eigenvalue weighted by Crippen LogP contribution is -2.25. The van der Waals surface area contributed by atoms with Gasteiger partial charge in [0.1, 0.15) is 17.2 Å². The molecule has 0 saturated carbocycles. The van der Waals surface area contributed by atoms with E-state index in [4.69, 9.17) is 4.98 Å². The maximum absolute atomic E-state index is 13.0. The number of para-hydroxylation sites is 1. The van der Waals surface area contributed by atoms with Crippen molar-refractivity contribution in [2.75, 3.05) is 5.32 Å². The third-order valence-corrected chi connectivity index (χ3v) is 7.20. The summed E-state index contributed by atoms with van der Waals surface area (Å²) in [6.07, 6.45) is 0.552. The summed E-state index contributed by atoms with van der Waals surface area (Å²) in [5.74, 6) is 0.0893. The minimum absolute atomic E-state index is 0.242. The van der Waals surface area contributed by atoms with Gasteiger partial charge in [0.05, 0.1) is 10.9 Å². The number of fused-ring (bicyclic) bond motifs is 3. The molecule has 9 heteroatoms. The van der Waals surface area contributed by atoms with Crippen LogP contribution in [0.3, 0.4) is 0 Å². The lowest BCUT2D eigenvalue weighted by atomic mass is 10.0. The Morgan fingerprint density at radius 2 is 1.74 bits per heavy atom. The Bertz CT molecular complexity index is 1640. The van der Waals surface area contributed by atoms with Crippen LogP contribution in [0.15, 0.2) is 82.7 Å². The van der Waals surface area contributed by atoms with E-state index in [0.29, 0.717) is 23.1 Å². The molecule has 35 heavy (non-hydrogen) atoms. The number of carbonyl (C=O) groups is 1. The van der Waals surface area contributed by atoms with Crippen LogP contribution < -0.4 is 10.9 Å². The molecule has 5 aromatic rings. The number of amides is 1. The van der Waals surface area contributed by atoms with E-state index in [-0.39, 0.29) is 11.5 Å². The third kappa shape index (κ3) is 3.70. The minimum Gasteiger partial charge on any atom is -0.310 e. The molecule has 0 fully saturated rings. The average Bonchev–Trinajstić information content (AvgIpc) is 3.41. The van der Waals surface area contributed by atoms with Crippen LogP contribution in [0.25, 0.3) is 39.0 Å². The first kappa shape index (κ1) is 21.3. The minimum atomic E-state index is -0.460. The van der Waals surface area contributed by atoms with Gasteiger partial charge in [-0.05, 0) is 23.9 Å². The van der Waals surface area contributed by atoms with Gasteiger partial charge in [-0.2, -0.15) is 0 Å². The van der Waals surface area contributed by atoms with Gasteiger partial charge in [-0.15, -0.1) is 10.2 Å². The van der Waals surface area contributed by atoms with Crippen molar-refractivity contribution in [1.29, 1.82) is 0 Å². The molecule has 2 N–H and O–H groups in total. The first-order valence-electron chi connectivity index (χ1n) is 11.2. The van der Waals surface area contributed by atoms with Gasteiger partial charge in [-0.3, -0.25) is 14.7 Å². The number of carbonyl (C=O) groups excluding carboxylic acids is 1. The first-order valence-corrected chi connectivity index (χ1v) is 12.1. The zero-order valence-electron chi connectivity index (χ0n) is 18.7. The van der Waals surface area contributed by atoms with Gasteiger partial charge in [0, 0.05) is 22.6 Å². The van der Waals surface area contributed by atoms with Crippen LogP contribution in [0.4, 0.5) is 5.82 Å². The van der Waals surface area contributed by atoms with Crippen LogP contribution >= 0.6 is 11.8 Å². The number of hydrogen-bond acceptors (Lipinski definition) is 6. The Morgan fingerprint density at radius 1 is 1.00 bits per heavy atom. The van der Waals surface area contributed by atoms with E-state index in [1.54, 1.807) is 0 Å². The molecule has 172 valence electrons. The predicted octanol–water partition coefficient (Wildman–Crippen LogP) is 4.66. The molecule has 1 aliphatic rings. The zero-order valence-corrected chi connectivity index (χ0v) is 19.5. The van der Waals surface area contributed by atoms with E-state index in [0.717, 1.165) is 33.3 Å². The van der Waals surface area contributed by atoms with Crippen LogP contribution in [0.2, 0.25) is 0 Å². The van der Waals surface area contributed by atoms with Crippen LogP contribution in [0.5, 0.6) is 0 Å². The predicted molar refractivity (Wildman–Crippen MR) is 137 cm³/mol. The topological polar surface area (TPSA) is 106 Å². The van der Waals surface area contributed by atoms with Crippen molar-refractivity contribution in [3.8, 4) is 28.2 Å². The van der Waals surface area contributed by atoms with E-state index in [2.05, 4.69) is 32.7 Å². The second-order valence-corrected chi connectivity index (χ2v) is 9.35. The summed E-state index contributed by atoms with van der Waals surface area (Å²) in [6, 6.07) is 22.8. The van der Waals surface area contributed by atoms with Crippen molar-refractivity contribution in [2.45, 2.75) is 23.8 Å². The highest BCUT2D eigenvalue weighted by atomic mass is 32.2. The number of thioether (sulfide) groups is 1. The summed E-state index contributed by atoms with van der Waals surface area (Å²) < 4.78 is 1.38. The van der Waals surface area contributed by atoms with Crippen molar-refractivity contribution in [3.63, 3.8) is 0 Å². The van der Waals surface area contributed by atoms with Crippen molar-refractivity contribution in [3.05, 3.63) is 83.2 Å². The van der Waals surface area contributed by atoms with Gasteiger partial charge in [0.2, 0.25) is 11.1 Å². The zero-order chi connectivity index (χ0) is 23.9. The normalized spacial score (nSPS) is 12.5. The summed E-state index contributed by atoms with van der Waals surface area (Å²) in [4.78, 5) is 30.2. The lowest BCUT2D eigenvalue weighted by Gasteiger charge is -2.13. The summed E-state index contributed by atoms with van der Waals surface area (Å²) in [5.41, 5.74) is 4.04. The number of aromatic amines is 1. The number of benzene rings is 3. The highest BCUT2D eigenvalue weighted by molar-refractivity contribution is 8.00. The van der Waals surface area contributed by atoms with Gasteiger partial charge in [0.15, 0.2) is 0 Å². The number of aromatic nitrogens is 5. The Balaban J connectivity index is 1.24. The monoisotopic (exact) mass is 480 g/mol. The molecule has 0 bridgehead atoms. The fraction of sp³-hybridized carbons (Fsp3) is 0.115. The number of hydrogen-bond donors (Lipinski definition) is 2. The SMILES string of the molecule is CCC(Sc1nnc2c(n1)-c1cccc3cccc-2c13)C(=O)Nc1cc(=O)n(-c2ccccc2)[nH]1. The lowest BCUT2D eigenvalue weighted by molar-refractivity contribution is -0.115. The first-order chi connectivity index (χ1) is 17.1. The second kappa shape index (κ2) is 8.52. The molecule has 3 aromatic carbocycles. The summed E-state index contributed by atoms with van der Waals surface area (Å²) in [6.45, 7) is 1.92. The van der Waals surface area contributed by atoms with Gasteiger partial charge in [0.25, 0.3) is 5.56 Å². The van der Waals surface area contributed by atoms with Crippen LogP contribution in [-0.4, -0.2) is 36.1 Å².